The molecule has 1 atom stereocenters. The van der Waals surface area contributed by atoms with Crippen molar-refractivity contribution in [3.63, 3.8) is 0 Å². The normalized spacial score (nSPS) is 11.6. The minimum absolute atomic E-state index is 0.0150. The highest BCUT2D eigenvalue weighted by molar-refractivity contribution is 5.76. The Balaban J connectivity index is 1.73. The van der Waals surface area contributed by atoms with Gasteiger partial charge in [0, 0.05) is 0 Å². The Hall–Kier alpha value is -3.52. The molecule has 3 aromatic rings. The lowest BCUT2D eigenvalue weighted by Crippen LogP contribution is -2.33. The largest absolute Gasteiger partial charge is 0.480 e. The molecule has 0 aliphatic carbocycles. The third kappa shape index (κ3) is 4.60. The number of aromatic nitrogens is 3. The Labute approximate surface area is 161 Å². The minimum Gasteiger partial charge on any atom is -0.480 e. The third-order valence-corrected chi connectivity index (χ3v) is 4.22. The molecule has 0 spiro atoms. The van der Waals surface area contributed by atoms with Crippen molar-refractivity contribution in [2.45, 2.75) is 19.6 Å². The number of hydrogen-bond donors (Lipinski definition) is 3. The fourth-order valence-corrected chi connectivity index (χ4v) is 2.67. The number of carboxylic acids is 1. The molecule has 0 amide bonds. The Morgan fingerprint density at radius 2 is 1.93 bits per heavy atom. The zero-order valence-electron chi connectivity index (χ0n) is 15.2. The summed E-state index contributed by atoms with van der Waals surface area (Å²) in [6.07, 6.45) is 1.22. The standard InChI is InChI=1S/C20H20N4O4/c1-13-15(8-5-9-16(13)14-6-3-2-4-7-14)11-28-20-22-12-21-19(24-20)23-17(10-25)18(26)27/h2-9,12,17,25H,10-11H2,1H3,(H,26,27)(H,21,22,23,24)/t17-/m0/s1. The number of hydrogen-bond acceptors (Lipinski definition) is 7. The van der Waals surface area contributed by atoms with Gasteiger partial charge in [0.25, 0.3) is 0 Å². The molecular weight excluding hydrogens is 360 g/mol. The number of nitrogens with zero attached hydrogens (tertiary/aromatic N) is 3. The summed E-state index contributed by atoms with van der Waals surface area (Å²) in [7, 11) is 0. The lowest BCUT2D eigenvalue weighted by molar-refractivity contribution is -0.138. The van der Waals surface area contributed by atoms with Crippen LogP contribution >= 0.6 is 0 Å². The van der Waals surface area contributed by atoms with Crippen LogP contribution in [-0.2, 0) is 11.4 Å². The zero-order chi connectivity index (χ0) is 19.9. The number of aliphatic hydroxyl groups excluding tert-OH is 1. The number of nitrogens with one attached hydrogen (secondary N) is 1. The minimum atomic E-state index is -1.21. The van der Waals surface area contributed by atoms with E-state index in [-0.39, 0.29) is 18.6 Å². The first-order valence-corrected chi connectivity index (χ1v) is 8.64. The SMILES string of the molecule is Cc1c(COc2ncnc(N[C@@H](CO)C(=O)O)n2)cccc1-c1ccccc1. The molecule has 3 N–H and O–H groups in total. The summed E-state index contributed by atoms with van der Waals surface area (Å²) in [4.78, 5) is 22.8. The molecule has 8 nitrogen and oxygen atoms in total. The molecule has 144 valence electrons. The van der Waals surface area contributed by atoms with E-state index in [0.29, 0.717) is 0 Å². The Kier molecular flexibility index (Phi) is 6.13. The number of ether oxygens (including phenoxy) is 1. The number of carboxylic acid groups (broad SMARTS) is 1. The molecule has 0 aliphatic rings. The number of aliphatic carboxylic acids is 1. The Morgan fingerprint density at radius 3 is 2.64 bits per heavy atom. The molecule has 1 heterocycles. The fourth-order valence-electron chi connectivity index (χ4n) is 2.67. The van der Waals surface area contributed by atoms with Gasteiger partial charge in [0.15, 0.2) is 6.04 Å². The number of anilines is 1. The molecule has 0 aliphatic heterocycles. The highest BCUT2D eigenvalue weighted by Gasteiger charge is 2.17. The van der Waals surface area contributed by atoms with Gasteiger partial charge < -0.3 is 20.3 Å². The van der Waals surface area contributed by atoms with Crippen LogP contribution in [0, 0.1) is 6.92 Å². The molecule has 0 fully saturated rings. The monoisotopic (exact) mass is 380 g/mol. The van der Waals surface area contributed by atoms with E-state index >= 15 is 0 Å². The molecular formula is C20H20N4O4. The van der Waals surface area contributed by atoms with Gasteiger partial charge in [-0.3, -0.25) is 0 Å². The van der Waals surface area contributed by atoms with E-state index in [9.17, 15) is 4.79 Å². The van der Waals surface area contributed by atoms with Crippen molar-refractivity contribution in [1.29, 1.82) is 0 Å². The van der Waals surface area contributed by atoms with Gasteiger partial charge in [-0.2, -0.15) is 9.97 Å². The summed E-state index contributed by atoms with van der Waals surface area (Å²) >= 11 is 0. The Morgan fingerprint density at radius 1 is 1.14 bits per heavy atom. The van der Waals surface area contributed by atoms with Crippen LogP contribution in [0.25, 0.3) is 11.1 Å². The quantitative estimate of drug-likeness (QED) is 0.545. The molecule has 0 saturated heterocycles. The van der Waals surface area contributed by atoms with Crippen molar-refractivity contribution >= 4 is 11.9 Å². The molecule has 2 aromatic carbocycles. The van der Waals surface area contributed by atoms with E-state index in [1.807, 2.05) is 37.3 Å². The molecule has 8 heteroatoms. The molecule has 0 bridgehead atoms. The lowest BCUT2D eigenvalue weighted by atomic mass is 9.97. The van der Waals surface area contributed by atoms with Gasteiger partial charge in [0.2, 0.25) is 5.95 Å². The summed E-state index contributed by atoms with van der Waals surface area (Å²) in [6.45, 7) is 1.68. The van der Waals surface area contributed by atoms with Crippen molar-refractivity contribution in [1.82, 2.24) is 15.0 Å². The number of aliphatic hydroxyl groups is 1. The van der Waals surface area contributed by atoms with Gasteiger partial charge in [0.1, 0.15) is 12.9 Å². The second kappa shape index (κ2) is 8.92. The second-order valence-electron chi connectivity index (χ2n) is 6.05. The Bertz CT molecular complexity index is 950. The average Bonchev–Trinajstić information content (AvgIpc) is 2.72. The predicted octanol–water partition coefficient (Wildman–Crippen LogP) is 2.28. The third-order valence-electron chi connectivity index (χ3n) is 4.22. The van der Waals surface area contributed by atoms with Gasteiger partial charge in [-0.15, -0.1) is 0 Å². The topological polar surface area (TPSA) is 117 Å². The second-order valence-corrected chi connectivity index (χ2v) is 6.05. The van der Waals surface area contributed by atoms with Crippen molar-refractivity contribution in [2.24, 2.45) is 0 Å². The van der Waals surface area contributed by atoms with E-state index in [1.54, 1.807) is 0 Å². The van der Waals surface area contributed by atoms with E-state index in [4.69, 9.17) is 14.9 Å². The zero-order valence-corrected chi connectivity index (χ0v) is 15.2. The smallest absolute Gasteiger partial charge is 0.328 e. The summed E-state index contributed by atoms with van der Waals surface area (Å²) in [5.41, 5.74) is 4.31. The van der Waals surface area contributed by atoms with Gasteiger partial charge in [-0.05, 0) is 29.2 Å². The van der Waals surface area contributed by atoms with Crippen molar-refractivity contribution in [3.8, 4) is 17.1 Å². The summed E-state index contributed by atoms with van der Waals surface area (Å²) in [6, 6.07) is 14.9. The molecule has 28 heavy (non-hydrogen) atoms. The first kappa shape index (κ1) is 19.2. The van der Waals surface area contributed by atoms with E-state index in [0.717, 1.165) is 22.3 Å². The fraction of sp³-hybridized carbons (Fsp3) is 0.200. The maximum atomic E-state index is 11.0. The predicted molar refractivity (Wildman–Crippen MR) is 103 cm³/mol. The van der Waals surface area contributed by atoms with Crippen molar-refractivity contribution < 1.29 is 19.7 Å². The van der Waals surface area contributed by atoms with Gasteiger partial charge in [-0.1, -0.05) is 48.5 Å². The van der Waals surface area contributed by atoms with Crippen LogP contribution in [0.5, 0.6) is 6.01 Å². The number of carbonyl (C=O) groups is 1. The molecule has 3 rings (SSSR count). The lowest BCUT2D eigenvalue weighted by Gasteiger charge is -2.13. The summed E-state index contributed by atoms with van der Waals surface area (Å²) in [5.74, 6) is -1.19. The van der Waals surface area contributed by atoms with Crippen LogP contribution in [-0.4, -0.2) is 43.8 Å². The van der Waals surface area contributed by atoms with Crippen molar-refractivity contribution in [2.75, 3.05) is 11.9 Å². The van der Waals surface area contributed by atoms with Crippen LogP contribution in [0.3, 0.4) is 0 Å². The van der Waals surface area contributed by atoms with Gasteiger partial charge in [0.05, 0.1) is 6.61 Å². The molecule has 0 saturated carbocycles. The van der Waals surface area contributed by atoms with E-state index in [1.165, 1.54) is 6.33 Å². The van der Waals surface area contributed by atoms with Crippen LogP contribution < -0.4 is 10.1 Å². The highest BCUT2D eigenvalue weighted by Crippen LogP contribution is 2.26. The average molecular weight is 380 g/mol. The van der Waals surface area contributed by atoms with Gasteiger partial charge >= 0.3 is 12.0 Å². The summed E-state index contributed by atoms with van der Waals surface area (Å²) in [5, 5.41) is 20.6. The van der Waals surface area contributed by atoms with E-state index < -0.39 is 18.6 Å². The highest BCUT2D eigenvalue weighted by atomic mass is 16.5. The summed E-state index contributed by atoms with van der Waals surface area (Å²) < 4.78 is 5.67. The molecule has 0 radical (unpaired) electrons. The van der Waals surface area contributed by atoms with Crippen LogP contribution in [0.4, 0.5) is 5.95 Å². The van der Waals surface area contributed by atoms with Crippen LogP contribution in [0.2, 0.25) is 0 Å². The maximum absolute atomic E-state index is 11.0. The molecule has 1 aromatic heterocycles. The number of benzene rings is 2. The maximum Gasteiger partial charge on any atom is 0.328 e. The van der Waals surface area contributed by atoms with E-state index in [2.05, 4.69) is 38.5 Å². The van der Waals surface area contributed by atoms with Crippen LogP contribution in [0.15, 0.2) is 54.9 Å². The van der Waals surface area contributed by atoms with Gasteiger partial charge in [-0.25, -0.2) is 9.78 Å². The first-order chi connectivity index (χ1) is 13.6. The molecule has 0 unspecified atom stereocenters. The van der Waals surface area contributed by atoms with Crippen molar-refractivity contribution in [3.05, 3.63) is 66.0 Å². The first-order valence-electron chi connectivity index (χ1n) is 8.64. The van der Waals surface area contributed by atoms with Crippen LogP contribution in [0.1, 0.15) is 11.1 Å². The number of rotatable bonds is 8.